The van der Waals surface area contributed by atoms with E-state index < -0.39 is 12.1 Å². The number of rotatable bonds is 4. The summed E-state index contributed by atoms with van der Waals surface area (Å²) in [5, 5.41) is 4.17. The molecule has 1 aromatic heterocycles. The van der Waals surface area contributed by atoms with Gasteiger partial charge in [0.25, 0.3) is 5.82 Å². The molecule has 0 fully saturated rings. The molecule has 8 heteroatoms. The van der Waals surface area contributed by atoms with E-state index in [2.05, 4.69) is 10.1 Å². The van der Waals surface area contributed by atoms with E-state index in [1.165, 1.54) is 0 Å². The molecule has 1 aromatic carbocycles. The van der Waals surface area contributed by atoms with Crippen LogP contribution in [0.1, 0.15) is 35.4 Å². The monoisotopic (exact) mass is 344 g/mol. The lowest BCUT2D eigenvalue weighted by atomic mass is 10.2. The Hall–Kier alpha value is -2.90. The fraction of sp³-hybridized carbons (Fsp3) is 0.412. The molecule has 0 N–H and O–H groups in total. The van der Waals surface area contributed by atoms with E-state index in [4.69, 9.17) is 9.47 Å². The maximum absolute atomic E-state index is 12.3. The molecule has 0 unspecified atom stereocenters. The van der Waals surface area contributed by atoms with Gasteiger partial charge in [0.1, 0.15) is 12.4 Å². The molecule has 2 heterocycles. The molecule has 1 aliphatic rings. The number of aromatic nitrogens is 3. The van der Waals surface area contributed by atoms with Crippen LogP contribution in [0.4, 0.5) is 4.79 Å². The minimum atomic E-state index is -0.554. The van der Waals surface area contributed by atoms with E-state index in [1.54, 1.807) is 16.5 Å². The molecule has 25 heavy (non-hydrogen) atoms. The Labute approximate surface area is 145 Å². The van der Waals surface area contributed by atoms with Crippen LogP contribution in [0.3, 0.4) is 0 Å². The van der Waals surface area contributed by atoms with Crippen LogP contribution < -0.4 is 0 Å². The summed E-state index contributed by atoms with van der Waals surface area (Å²) in [4.78, 5) is 29.9. The first-order chi connectivity index (χ1) is 12.2. The van der Waals surface area contributed by atoms with Gasteiger partial charge in [0.2, 0.25) is 0 Å². The molecule has 0 saturated carbocycles. The van der Waals surface area contributed by atoms with Crippen molar-refractivity contribution in [3.8, 4) is 0 Å². The largest absolute Gasteiger partial charge is 0.460 e. The van der Waals surface area contributed by atoms with Crippen molar-refractivity contribution in [1.82, 2.24) is 19.7 Å². The van der Waals surface area contributed by atoms with Gasteiger partial charge in [-0.1, -0.05) is 30.3 Å². The first-order valence-corrected chi connectivity index (χ1v) is 8.24. The Bertz CT molecular complexity index is 744. The summed E-state index contributed by atoms with van der Waals surface area (Å²) in [5.41, 5.74) is 0.929. The highest BCUT2D eigenvalue weighted by Gasteiger charge is 2.25. The van der Waals surface area contributed by atoms with Crippen molar-refractivity contribution in [1.29, 1.82) is 0 Å². The lowest BCUT2D eigenvalue weighted by Gasteiger charge is -2.19. The second-order valence-electron chi connectivity index (χ2n) is 5.61. The first kappa shape index (κ1) is 16.9. The summed E-state index contributed by atoms with van der Waals surface area (Å²) in [6, 6.07) is 9.51. The molecule has 0 saturated heterocycles. The maximum atomic E-state index is 12.3. The van der Waals surface area contributed by atoms with Gasteiger partial charge in [-0.25, -0.2) is 19.3 Å². The third-order valence-electron chi connectivity index (χ3n) is 3.80. The molecule has 8 nitrogen and oxygen atoms in total. The van der Waals surface area contributed by atoms with Gasteiger partial charge in [0, 0.05) is 13.1 Å². The number of fused-ring (bicyclic) bond motifs is 1. The predicted octanol–water partition coefficient (Wildman–Crippen LogP) is 2.00. The molecule has 0 radical (unpaired) electrons. The van der Waals surface area contributed by atoms with Crippen molar-refractivity contribution in [3.63, 3.8) is 0 Å². The zero-order chi connectivity index (χ0) is 17.6. The van der Waals surface area contributed by atoms with Crippen LogP contribution in [0.2, 0.25) is 0 Å². The summed E-state index contributed by atoms with van der Waals surface area (Å²) in [6.45, 7) is 3.60. The third-order valence-corrected chi connectivity index (χ3v) is 3.80. The van der Waals surface area contributed by atoms with Crippen LogP contribution in [0, 0.1) is 0 Å². The number of ether oxygens (including phenoxy) is 2. The van der Waals surface area contributed by atoms with E-state index in [0.717, 1.165) is 5.56 Å². The summed E-state index contributed by atoms with van der Waals surface area (Å²) in [5.74, 6) is 0.0230. The van der Waals surface area contributed by atoms with Gasteiger partial charge in [-0.2, -0.15) is 0 Å². The number of benzene rings is 1. The van der Waals surface area contributed by atoms with Gasteiger partial charge >= 0.3 is 12.1 Å². The second-order valence-corrected chi connectivity index (χ2v) is 5.61. The molecule has 132 valence electrons. The summed E-state index contributed by atoms with van der Waals surface area (Å²) in [6.07, 6.45) is 0.303. The van der Waals surface area contributed by atoms with Crippen LogP contribution in [0.5, 0.6) is 0 Å². The van der Waals surface area contributed by atoms with Crippen molar-refractivity contribution in [3.05, 3.63) is 47.5 Å². The number of esters is 1. The fourth-order valence-electron chi connectivity index (χ4n) is 2.58. The molecular formula is C17H20N4O4. The van der Waals surface area contributed by atoms with Crippen molar-refractivity contribution in [2.75, 3.05) is 13.2 Å². The van der Waals surface area contributed by atoms with Crippen molar-refractivity contribution in [2.45, 2.75) is 33.0 Å². The van der Waals surface area contributed by atoms with E-state index in [1.807, 2.05) is 30.3 Å². The van der Waals surface area contributed by atoms with Crippen LogP contribution >= 0.6 is 0 Å². The Morgan fingerprint density at radius 2 is 1.96 bits per heavy atom. The molecule has 2 aromatic rings. The van der Waals surface area contributed by atoms with Crippen LogP contribution in [-0.2, 0) is 29.2 Å². The topological polar surface area (TPSA) is 86.5 Å². The van der Waals surface area contributed by atoms with Crippen molar-refractivity contribution >= 4 is 12.1 Å². The van der Waals surface area contributed by atoms with E-state index in [0.29, 0.717) is 25.3 Å². The Morgan fingerprint density at radius 3 is 2.72 bits per heavy atom. The molecular weight excluding hydrogens is 324 g/mol. The van der Waals surface area contributed by atoms with Crippen molar-refractivity contribution < 1.29 is 19.1 Å². The van der Waals surface area contributed by atoms with E-state index >= 15 is 0 Å². The lowest BCUT2D eigenvalue weighted by Crippen LogP contribution is -2.31. The quantitative estimate of drug-likeness (QED) is 0.789. The van der Waals surface area contributed by atoms with Crippen molar-refractivity contribution in [2.24, 2.45) is 0 Å². The minimum absolute atomic E-state index is 0.0244. The molecule has 1 amide bonds. The van der Waals surface area contributed by atoms with E-state index in [9.17, 15) is 9.59 Å². The second kappa shape index (κ2) is 7.78. The molecule has 1 aliphatic heterocycles. The third kappa shape index (κ3) is 4.14. The molecule has 0 atom stereocenters. The number of carbonyl (C=O) groups excluding carboxylic acids is 2. The number of carbonyl (C=O) groups is 2. The summed E-state index contributed by atoms with van der Waals surface area (Å²) >= 11 is 0. The Morgan fingerprint density at radius 1 is 1.16 bits per heavy atom. The smallest absolute Gasteiger partial charge is 0.410 e. The van der Waals surface area contributed by atoms with Gasteiger partial charge in [0.05, 0.1) is 13.2 Å². The van der Waals surface area contributed by atoms with Gasteiger partial charge in [0.15, 0.2) is 0 Å². The normalized spacial score (nSPS) is 13.7. The molecule has 0 bridgehead atoms. The number of aryl methyl sites for hydroxylation is 1. The maximum Gasteiger partial charge on any atom is 0.410 e. The highest BCUT2D eigenvalue weighted by atomic mass is 16.6. The van der Waals surface area contributed by atoms with Crippen LogP contribution in [-0.4, -0.2) is 44.9 Å². The fourth-order valence-corrected chi connectivity index (χ4v) is 2.58. The molecule has 3 rings (SSSR count). The van der Waals surface area contributed by atoms with Gasteiger partial charge in [-0.15, -0.1) is 5.10 Å². The molecule has 0 spiro atoms. The minimum Gasteiger partial charge on any atom is -0.460 e. The van der Waals surface area contributed by atoms with Gasteiger partial charge < -0.3 is 14.4 Å². The zero-order valence-electron chi connectivity index (χ0n) is 14.1. The summed E-state index contributed by atoms with van der Waals surface area (Å²) in [7, 11) is 0. The zero-order valence-corrected chi connectivity index (χ0v) is 14.1. The Balaban J connectivity index is 1.64. The highest BCUT2D eigenvalue weighted by molar-refractivity contribution is 5.85. The summed E-state index contributed by atoms with van der Waals surface area (Å²) < 4.78 is 11.9. The Kier molecular flexibility index (Phi) is 5.27. The van der Waals surface area contributed by atoms with E-state index in [-0.39, 0.29) is 25.6 Å². The molecule has 0 aliphatic carbocycles. The van der Waals surface area contributed by atoms with Gasteiger partial charge in [-0.05, 0) is 18.9 Å². The average Bonchev–Trinajstić information content (AvgIpc) is 2.92. The number of nitrogens with zero attached hydrogens (tertiary/aromatic N) is 4. The number of amides is 1. The average molecular weight is 344 g/mol. The van der Waals surface area contributed by atoms with Gasteiger partial charge in [-0.3, -0.25) is 0 Å². The lowest BCUT2D eigenvalue weighted by molar-refractivity contribution is 0.0511. The SMILES string of the molecule is CCOC(=O)c1nc2n(n1)CCCN(C(=O)OCc1ccccc1)C2. The van der Waals surface area contributed by atoms with Crippen LogP contribution in [0.15, 0.2) is 30.3 Å². The standard InChI is InChI=1S/C17H20N4O4/c1-2-24-16(22)15-18-14-11-20(9-6-10-21(14)19-15)17(23)25-12-13-7-4-3-5-8-13/h3-5,7-8H,2,6,9-12H2,1H3. The predicted molar refractivity (Wildman–Crippen MR) is 87.6 cm³/mol. The first-order valence-electron chi connectivity index (χ1n) is 8.24. The number of hydrogen-bond donors (Lipinski definition) is 0. The number of hydrogen-bond acceptors (Lipinski definition) is 6. The van der Waals surface area contributed by atoms with Crippen LogP contribution in [0.25, 0.3) is 0 Å². The highest BCUT2D eigenvalue weighted by Crippen LogP contribution is 2.13.